The first-order valence-corrected chi connectivity index (χ1v) is 17.3. The number of benzene rings is 2. The van der Waals surface area contributed by atoms with Crippen molar-refractivity contribution in [2.24, 2.45) is 11.1 Å². The predicted octanol–water partition coefficient (Wildman–Crippen LogP) is 8.55. The molecule has 7 nitrogen and oxygen atoms in total. The molecule has 3 fully saturated rings. The second kappa shape index (κ2) is 16.3. The van der Waals surface area contributed by atoms with E-state index in [4.69, 9.17) is 15.6 Å². The number of hydrogen-bond acceptors (Lipinski definition) is 6. The number of H-pyrrole nitrogens is 1. The van der Waals surface area contributed by atoms with Crippen LogP contribution >= 0.6 is 43.2 Å². The number of Topliss-reactive ketones (excluding diaryl/α,β-unsaturated/α-hetero) is 1. The van der Waals surface area contributed by atoms with Gasteiger partial charge in [-0.15, -0.1) is 11.3 Å². The largest absolute Gasteiger partial charge is 0.477 e. The number of fused-ring (bicyclic) bond motifs is 2. The van der Waals surface area contributed by atoms with Gasteiger partial charge >= 0.3 is 5.97 Å². The van der Waals surface area contributed by atoms with Crippen LogP contribution in [0.3, 0.4) is 0 Å². The maximum Gasteiger partial charge on any atom is 0.345 e. The van der Waals surface area contributed by atoms with Crippen LogP contribution in [0.2, 0.25) is 0 Å². The van der Waals surface area contributed by atoms with Gasteiger partial charge in [-0.2, -0.15) is 0 Å². The molecule has 0 bridgehead atoms. The van der Waals surface area contributed by atoms with Crippen LogP contribution in [0.15, 0.2) is 57.5 Å². The van der Waals surface area contributed by atoms with Crippen LogP contribution in [0, 0.1) is 5.41 Å². The second-order valence-corrected chi connectivity index (χ2v) is 14.4. The summed E-state index contributed by atoms with van der Waals surface area (Å²) in [7, 11) is 0. The van der Waals surface area contributed by atoms with Gasteiger partial charge in [0.15, 0.2) is 5.78 Å². The summed E-state index contributed by atoms with van der Waals surface area (Å²) in [6.45, 7) is 5.74. The van der Waals surface area contributed by atoms with Gasteiger partial charge in [0.1, 0.15) is 4.88 Å². The van der Waals surface area contributed by atoms with E-state index < -0.39 is 5.97 Å². The van der Waals surface area contributed by atoms with Crippen molar-refractivity contribution in [1.82, 2.24) is 10.3 Å². The van der Waals surface area contributed by atoms with Gasteiger partial charge in [0.2, 0.25) is 0 Å². The van der Waals surface area contributed by atoms with E-state index in [0.29, 0.717) is 16.6 Å². The summed E-state index contributed by atoms with van der Waals surface area (Å²) < 4.78 is 7.91. The van der Waals surface area contributed by atoms with Crippen molar-refractivity contribution in [3.05, 3.63) is 68.0 Å². The summed E-state index contributed by atoms with van der Waals surface area (Å²) in [5.41, 5.74) is 7.85. The number of thiophene rings is 1. The molecule has 2 aromatic heterocycles. The third kappa shape index (κ3) is 10.2. The lowest BCUT2D eigenvalue weighted by Gasteiger charge is -2.40. The number of aromatic carboxylic acids is 1. The summed E-state index contributed by atoms with van der Waals surface area (Å²) in [5, 5.41) is 14.3. The number of ether oxygens (including phenoxy) is 1. The van der Waals surface area contributed by atoms with Crippen molar-refractivity contribution in [3.8, 4) is 0 Å². The first-order valence-electron chi connectivity index (χ1n) is 14.9. The fourth-order valence-corrected chi connectivity index (χ4v) is 7.53. The number of carbonyl (C=O) groups excluding carboxylic acids is 1. The van der Waals surface area contributed by atoms with Crippen LogP contribution in [0.1, 0.15) is 78.5 Å². The van der Waals surface area contributed by atoms with E-state index in [0.717, 1.165) is 55.0 Å². The van der Waals surface area contributed by atoms with Gasteiger partial charge in [0.25, 0.3) is 0 Å². The number of aromatic amines is 1. The van der Waals surface area contributed by atoms with E-state index >= 15 is 0 Å². The average molecular weight is 736 g/mol. The number of rotatable bonds is 2. The lowest BCUT2D eigenvalue weighted by atomic mass is 9.68. The Kier molecular flexibility index (Phi) is 12.8. The Morgan fingerprint density at radius 2 is 1.63 bits per heavy atom. The van der Waals surface area contributed by atoms with Gasteiger partial charge in [0, 0.05) is 44.1 Å². The number of aromatic nitrogens is 1. The average Bonchev–Trinajstić information content (AvgIpc) is 3.74. The molecule has 2 aromatic carbocycles. The van der Waals surface area contributed by atoms with Gasteiger partial charge in [-0.1, -0.05) is 63.3 Å². The fourth-order valence-electron chi connectivity index (χ4n) is 5.71. The maximum atomic E-state index is 11.1. The molecule has 1 atom stereocenters. The molecule has 43 heavy (non-hydrogen) atoms. The number of ketones is 1. The van der Waals surface area contributed by atoms with Crippen molar-refractivity contribution in [2.75, 3.05) is 26.3 Å². The minimum absolute atomic E-state index is 0.0623. The SMILES string of the molecule is C1CCC2(CC1)CCNCC2.CC(=O)c1cc2ccc(Br)cc2[nH]1.NC1CCOC1.O=C(O)c1cc2ccc(Br)cc2s1. The van der Waals surface area contributed by atoms with E-state index in [1.807, 2.05) is 42.5 Å². The molecule has 1 saturated carbocycles. The molecule has 2 aliphatic heterocycles. The van der Waals surface area contributed by atoms with Gasteiger partial charge < -0.3 is 25.9 Å². The molecule has 232 valence electrons. The summed E-state index contributed by atoms with van der Waals surface area (Å²) in [5.74, 6) is -0.801. The molecule has 4 aromatic rings. The minimum atomic E-state index is -0.864. The van der Waals surface area contributed by atoms with Crippen molar-refractivity contribution in [1.29, 1.82) is 0 Å². The van der Waals surface area contributed by atoms with E-state index in [2.05, 4.69) is 42.2 Å². The molecule has 1 spiro atoms. The number of carboxylic acid groups (broad SMARTS) is 1. The highest BCUT2D eigenvalue weighted by Crippen LogP contribution is 2.42. The number of nitrogens with two attached hydrogens (primary N) is 1. The Hall–Kier alpha value is -2.08. The molecule has 0 amide bonds. The van der Waals surface area contributed by atoms with E-state index in [9.17, 15) is 9.59 Å². The molecule has 7 rings (SSSR count). The molecule has 5 N–H and O–H groups in total. The predicted molar refractivity (Wildman–Crippen MR) is 184 cm³/mol. The summed E-state index contributed by atoms with van der Waals surface area (Å²) >= 11 is 8.00. The zero-order valence-corrected chi connectivity index (χ0v) is 28.6. The standard InChI is InChI=1S/C10H8BrNO.C10H19N.C9H5BrO2S.C4H9NO/c1-6(13)9-4-7-2-3-8(11)5-10(7)12-9;1-2-4-10(5-3-1)6-8-11-9-7-10;10-6-2-1-5-3-8(9(11)12)13-7(5)4-6;5-4-1-2-6-3-4/h2-5,12H,1H3;11H,1-9H2;1-4H,(H,11,12);4H,1-3,5H2. The topological polar surface area (TPSA) is 117 Å². The fraction of sp³-hybridized carbons (Fsp3) is 0.455. The molecule has 10 heteroatoms. The first-order chi connectivity index (χ1) is 20.6. The number of piperidine rings is 1. The van der Waals surface area contributed by atoms with Crippen LogP contribution in [-0.2, 0) is 4.74 Å². The molecule has 3 aliphatic rings. The monoisotopic (exact) mass is 733 g/mol. The van der Waals surface area contributed by atoms with Crippen LogP contribution in [-0.4, -0.2) is 54.2 Å². The van der Waals surface area contributed by atoms with E-state index in [1.54, 1.807) is 13.0 Å². The van der Waals surface area contributed by atoms with Crippen LogP contribution in [0.25, 0.3) is 21.0 Å². The van der Waals surface area contributed by atoms with Crippen LogP contribution in [0.5, 0.6) is 0 Å². The van der Waals surface area contributed by atoms with Gasteiger partial charge in [-0.05, 0) is 92.4 Å². The Bertz CT molecular complexity index is 1390. The third-order valence-electron chi connectivity index (χ3n) is 8.20. The van der Waals surface area contributed by atoms with Crippen molar-refractivity contribution in [2.45, 2.75) is 64.3 Å². The number of halogens is 2. The van der Waals surface area contributed by atoms with Gasteiger partial charge in [-0.3, -0.25) is 4.79 Å². The normalized spacial score (nSPS) is 19.0. The lowest BCUT2D eigenvalue weighted by molar-refractivity contribution is 0.0702. The molecular weight excluding hydrogens is 694 g/mol. The number of hydrogen-bond donors (Lipinski definition) is 4. The van der Waals surface area contributed by atoms with Crippen molar-refractivity contribution < 1.29 is 19.4 Å². The molecular formula is C33H41Br2N3O4S. The molecule has 4 heterocycles. The smallest absolute Gasteiger partial charge is 0.345 e. The Labute approximate surface area is 274 Å². The number of carbonyl (C=O) groups is 2. The molecule has 0 radical (unpaired) electrons. The summed E-state index contributed by atoms with van der Waals surface area (Å²) in [4.78, 5) is 25.1. The summed E-state index contributed by atoms with van der Waals surface area (Å²) in [6, 6.07) is 15.5. The zero-order chi connectivity index (χ0) is 30.8. The van der Waals surface area contributed by atoms with Crippen molar-refractivity contribution in [3.63, 3.8) is 0 Å². The van der Waals surface area contributed by atoms with Crippen LogP contribution < -0.4 is 11.1 Å². The Balaban J connectivity index is 0.000000135. The first kappa shape index (κ1) is 33.8. The maximum absolute atomic E-state index is 11.1. The molecule has 1 unspecified atom stereocenters. The Morgan fingerprint density at radius 3 is 2.21 bits per heavy atom. The summed E-state index contributed by atoms with van der Waals surface area (Å²) in [6.07, 6.45) is 11.5. The van der Waals surface area contributed by atoms with E-state index in [-0.39, 0.29) is 5.78 Å². The molecule has 2 saturated heterocycles. The Morgan fingerprint density at radius 1 is 0.953 bits per heavy atom. The number of nitrogens with one attached hydrogen (secondary N) is 2. The van der Waals surface area contributed by atoms with E-state index in [1.165, 1.54) is 69.4 Å². The minimum Gasteiger partial charge on any atom is -0.477 e. The highest BCUT2D eigenvalue weighted by atomic mass is 79.9. The lowest BCUT2D eigenvalue weighted by Crippen LogP contribution is -2.37. The number of carboxylic acids is 1. The van der Waals surface area contributed by atoms with Gasteiger partial charge in [0.05, 0.1) is 12.3 Å². The van der Waals surface area contributed by atoms with Crippen molar-refractivity contribution >= 4 is 75.9 Å². The quantitative estimate of drug-likeness (QED) is 0.153. The van der Waals surface area contributed by atoms with Crippen LogP contribution in [0.4, 0.5) is 0 Å². The highest BCUT2D eigenvalue weighted by molar-refractivity contribution is 9.10. The zero-order valence-electron chi connectivity index (χ0n) is 24.6. The second-order valence-electron chi connectivity index (χ2n) is 11.5. The highest BCUT2D eigenvalue weighted by Gasteiger charge is 2.32. The third-order valence-corrected chi connectivity index (χ3v) is 10.3. The molecule has 1 aliphatic carbocycles. The van der Waals surface area contributed by atoms with Gasteiger partial charge in [-0.25, -0.2) is 4.79 Å².